The van der Waals surface area contributed by atoms with Gasteiger partial charge in [0.05, 0.1) is 41.2 Å². The lowest BCUT2D eigenvalue weighted by Gasteiger charge is -2.22. The van der Waals surface area contributed by atoms with Crippen LogP contribution in [0.2, 0.25) is 0 Å². The molecular weight excluding hydrogens is 316 g/mol. The third kappa shape index (κ3) is 3.24. The van der Waals surface area contributed by atoms with E-state index in [2.05, 4.69) is 0 Å². The van der Waals surface area contributed by atoms with Crippen molar-refractivity contribution in [1.82, 2.24) is 0 Å². The van der Waals surface area contributed by atoms with Crippen LogP contribution >= 0.6 is 0 Å². The van der Waals surface area contributed by atoms with Crippen LogP contribution in [0.25, 0.3) is 0 Å². The van der Waals surface area contributed by atoms with Crippen molar-refractivity contribution in [3.05, 3.63) is 11.1 Å². The summed E-state index contributed by atoms with van der Waals surface area (Å²) in [5, 5.41) is 19.5. The normalized spacial score (nSPS) is 23.2. The molecule has 7 nitrogen and oxygen atoms in total. The molecule has 0 aliphatic carbocycles. The van der Waals surface area contributed by atoms with Crippen LogP contribution in [0.4, 0.5) is 0 Å². The van der Waals surface area contributed by atoms with Gasteiger partial charge < -0.3 is 33.9 Å². The van der Waals surface area contributed by atoms with Crippen LogP contribution in [-0.4, -0.2) is 63.6 Å². The number of aliphatic hydroxyl groups excluding tert-OH is 2. The average Bonchev–Trinajstić information content (AvgIpc) is 2.91. The minimum Gasteiger partial charge on any atom is -0.492 e. The zero-order valence-corrected chi connectivity index (χ0v) is 14.8. The zero-order valence-electron chi connectivity index (χ0n) is 14.8. The van der Waals surface area contributed by atoms with Crippen LogP contribution < -0.4 is 18.9 Å². The molecule has 1 heterocycles. The van der Waals surface area contributed by atoms with Crippen molar-refractivity contribution < 1.29 is 33.9 Å². The van der Waals surface area contributed by atoms with Crippen LogP contribution in [-0.2, 0) is 11.2 Å². The molecule has 1 saturated heterocycles. The predicted octanol–water partition coefficient (Wildman–Crippen LogP) is 1.08. The Morgan fingerprint density at radius 1 is 0.917 bits per heavy atom. The van der Waals surface area contributed by atoms with Gasteiger partial charge in [-0.15, -0.1) is 0 Å². The van der Waals surface area contributed by atoms with E-state index in [1.165, 1.54) is 0 Å². The minimum atomic E-state index is -0.877. The van der Waals surface area contributed by atoms with E-state index in [-0.39, 0.29) is 6.61 Å². The third-order valence-corrected chi connectivity index (χ3v) is 4.44. The molecule has 1 aromatic carbocycles. The molecule has 0 bridgehead atoms. The highest BCUT2D eigenvalue weighted by atomic mass is 16.5. The lowest BCUT2D eigenvalue weighted by Crippen LogP contribution is -2.30. The fourth-order valence-electron chi connectivity index (χ4n) is 3.16. The number of methoxy groups -OCH3 is 4. The first-order chi connectivity index (χ1) is 11.5. The van der Waals surface area contributed by atoms with Gasteiger partial charge >= 0.3 is 0 Å². The third-order valence-electron chi connectivity index (χ3n) is 4.44. The zero-order chi connectivity index (χ0) is 17.9. The van der Waals surface area contributed by atoms with Gasteiger partial charge in [-0.1, -0.05) is 0 Å². The van der Waals surface area contributed by atoms with Crippen molar-refractivity contribution in [2.45, 2.75) is 38.1 Å². The van der Waals surface area contributed by atoms with E-state index in [0.29, 0.717) is 35.8 Å². The summed E-state index contributed by atoms with van der Waals surface area (Å²) < 4.78 is 27.3. The van der Waals surface area contributed by atoms with Gasteiger partial charge in [0.25, 0.3) is 0 Å². The van der Waals surface area contributed by atoms with E-state index in [1.54, 1.807) is 28.4 Å². The predicted molar refractivity (Wildman–Crippen MR) is 87.5 cm³/mol. The average molecular weight is 342 g/mol. The topological polar surface area (TPSA) is 86.6 Å². The molecular formula is C17H26O7. The summed E-state index contributed by atoms with van der Waals surface area (Å²) >= 11 is 0. The first-order valence-electron chi connectivity index (χ1n) is 7.83. The van der Waals surface area contributed by atoms with Crippen molar-refractivity contribution in [3.63, 3.8) is 0 Å². The van der Waals surface area contributed by atoms with Gasteiger partial charge in [-0.05, 0) is 19.8 Å². The summed E-state index contributed by atoms with van der Waals surface area (Å²) in [6, 6.07) is 0. The Balaban J connectivity index is 2.37. The largest absolute Gasteiger partial charge is 0.492 e. The van der Waals surface area contributed by atoms with E-state index in [9.17, 15) is 10.2 Å². The maximum atomic E-state index is 9.94. The summed E-state index contributed by atoms with van der Waals surface area (Å²) in [5.74, 6) is 2.09. The van der Waals surface area contributed by atoms with Crippen molar-refractivity contribution >= 4 is 0 Å². The maximum Gasteiger partial charge on any atom is 0.207 e. The van der Waals surface area contributed by atoms with E-state index < -0.39 is 18.3 Å². The molecule has 1 fully saturated rings. The van der Waals surface area contributed by atoms with E-state index in [0.717, 1.165) is 11.1 Å². The Labute approximate surface area is 142 Å². The van der Waals surface area contributed by atoms with Crippen LogP contribution in [0, 0.1) is 6.92 Å². The number of benzene rings is 1. The highest BCUT2D eigenvalue weighted by Crippen LogP contribution is 2.49. The summed E-state index contributed by atoms with van der Waals surface area (Å²) in [4.78, 5) is 0. The summed E-state index contributed by atoms with van der Waals surface area (Å²) in [5.41, 5.74) is 1.77. The Bertz CT molecular complexity index is 573. The first kappa shape index (κ1) is 18.6. The highest BCUT2D eigenvalue weighted by molar-refractivity contribution is 5.66. The lowest BCUT2D eigenvalue weighted by atomic mass is 9.96. The quantitative estimate of drug-likeness (QED) is 0.767. The molecule has 0 aromatic heterocycles. The van der Waals surface area contributed by atoms with Crippen LogP contribution in [0.15, 0.2) is 0 Å². The molecule has 0 amide bonds. The fourth-order valence-corrected chi connectivity index (χ4v) is 3.16. The molecule has 0 unspecified atom stereocenters. The second-order valence-corrected chi connectivity index (χ2v) is 5.70. The van der Waals surface area contributed by atoms with Crippen molar-refractivity contribution in [1.29, 1.82) is 0 Å². The Morgan fingerprint density at radius 3 is 1.92 bits per heavy atom. The number of ether oxygens (including phenoxy) is 5. The standard InChI is InChI=1S/C17H26O7/c1-9-10(6-7-12-13(19)11(18)8-24-12)15(21-3)17(23-5)16(22-4)14(9)20-2/h11-13,18-19H,6-8H2,1-5H3/t11-,12-,13-/m1/s1. The van der Waals surface area contributed by atoms with Crippen LogP contribution in [0.3, 0.4) is 0 Å². The molecule has 0 saturated carbocycles. The molecule has 1 aromatic rings. The van der Waals surface area contributed by atoms with Gasteiger partial charge in [-0.2, -0.15) is 0 Å². The fraction of sp³-hybridized carbons (Fsp3) is 0.647. The summed E-state index contributed by atoms with van der Waals surface area (Å²) in [6.45, 7) is 2.07. The molecule has 1 aliphatic rings. The molecule has 3 atom stereocenters. The lowest BCUT2D eigenvalue weighted by molar-refractivity contribution is 0.0196. The molecule has 2 rings (SSSR count). The van der Waals surface area contributed by atoms with Gasteiger partial charge in [0.2, 0.25) is 11.5 Å². The van der Waals surface area contributed by atoms with Gasteiger partial charge in [0, 0.05) is 11.1 Å². The van der Waals surface area contributed by atoms with Gasteiger partial charge in [0.1, 0.15) is 12.2 Å². The highest BCUT2D eigenvalue weighted by Gasteiger charge is 2.35. The van der Waals surface area contributed by atoms with Gasteiger partial charge in [-0.25, -0.2) is 0 Å². The monoisotopic (exact) mass is 342 g/mol. The molecule has 136 valence electrons. The molecule has 7 heteroatoms. The Kier molecular flexibility index (Phi) is 6.15. The number of hydrogen-bond donors (Lipinski definition) is 2. The maximum absolute atomic E-state index is 9.94. The smallest absolute Gasteiger partial charge is 0.207 e. The molecule has 24 heavy (non-hydrogen) atoms. The van der Waals surface area contributed by atoms with Crippen molar-refractivity contribution in [2.24, 2.45) is 0 Å². The Morgan fingerprint density at radius 2 is 1.46 bits per heavy atom. The summed E-state index contributed by atoms with van der Waals surface area (Å²) in [7, 11) is 6.22. The van der Waals surface area contributed by atoms with Crippen molar-refractivity contribution in [3.8, 4) is 23.0 Å². The minimum absolute atomic E-state index is 0.150. The van der Waals surface area contributed by atoms with Crippen LogP contribution in [0.1, 0.15) is 17.5 Å². The molecule has 0 spiro atoms. The van der Waals surface area contributed by atoms with E-state index in [4.69, 9.17) is 23.7 Å². The van der Waals surface area contributed by atoms with Crippen LogP contribution in [0.5, 0.6) is 23.0 Å². The summed E-state index contributed by atoms with van der Waals surface area (Å²) in [6.07, 6.45) is -1.02. The van der Waals surface area contributed by atoms with Gasteiger partial charge in [0.15, 0.2) is 11.5 Å². The molecule has 1 aliphatic heterocycles. The number of rotatable bonds is 7. The van der Waals surface area contributed by atoms with E-state index in [1.807, 2.05) is 6.92 Å². The molecule has 0 radical (unpaired) electrons. The Hall–Kier alpha value is -1.70. The molecule has 2 N–H and O–H groups in total. The van der Waals surface area contributed by atoms with Gasteiger partial charge in [-0.3, -0.25) is 0 Å². The number of aliphatic hydroxyl groups is 2. The van der Waals surface area contributed by atoms with Crippen molar-refractivity contribution in [2.75, 3.05) is 35.0 Å². The number of hydrogen-bond acceptors (Lipinski definition) is 7. The first-order valence-corrected chi connectivity index (χ1v) is 7.83. The second kappa shape index (κ2) is 7.92. The second-order valence-electron chi connectivity index (χ2n) is 5.70. The van der Waals surface area contributed by atoms with E-state index >= 15 is 0 Å². The SMILES string of the molecule is COc1c(C)c(CC[C@H]2OC[C@@H](O)[C@H]2O)c(OC)c(OC)c1OC.